The van der Waals surface area contributed by atoms with Crippen molar-refractivity contribution in [2.75, 3.05) is 4.72 Å². The Kier molecular flexibility index (Phi) is 6.25. The Labute approximate surface area is 175 Å². The standard InChI is InChI=1S/C22H21ClN2O3S/c1-15-5-3-4-6-21(15)16(2)24-22(26)17-7-11-19(12-8-17)25-29(27,28)20-13-9-18(23)10-14-20/h3-14,16,25H,1-2H3,(H,24,26)/t16-/m1/s1. The maximum atomic E-state index is 12.5. The first-order valence-corrected chi connectivity index (χ1v) is 10.9. The summed E-state index contributed by atoms with van der Waals surface area (Å²) in [5.41, 5.74) is 2.96. The molecule has 0 aromatic heterocycles. The number of halogens is 1. The fraction of sp³-hybridized carbons (Fsp3) is 0.136. The van der Waals surface area contributed by atoms with Crippen molar-refractivity contribution in [3.05, 3.63) is 94.5 Å². The molecule has 2 N–H and O–H groups in total. The van der Waals surface area contributed by atoms with Gasteiger partial charge in [0, 0.05) is 16.3 Å². The van der Waals surface area contributed by atoms with Crippen LogP contribution in [0.25, 0.3) is 0 Å². The van der Waals surface area contributed by atoms with Crippen LogP contribution in [0.3, 0.4) is 0 Å². The number of carbonyl (C=O) groups is 1. The average molecular weight is 429 g/mol. The molecule has 0 saturated heterocycles. The van der Waals surface area contributed by atoms with Crippen LogP contribution in [-0.2, 0) is 10.0 Å². The molecule has 1 atom stereocenters. The zero-order valence-electron chi connectivity index (χ0n) is 16.0. The molecule has 0 aliphatic rings. The van der Waals surface area contributed by atoms with Crippen molar-refractivity contribution in [3.8, 4) is 0 Å². The Bertz CT molecular complexity index is 1110. The van der Waals surface area contributed by atoms with Crippen LogP contribution >= 0.6 is 11.6 Å². The summed E-state index contributed by atoms with van der Waals surface area (Å²) in [4.78, 5) is 12.6. The van der Waals surface area contributed by atoms with E-state index in [0.717, 1.165) is 11.1 Å². The molecule has 3 aromatic carbocycles. The van der Waals surface area contributed by atoms with E-state index in [1.165, 1.54) is 24.3 Å². The van der Waals surface area contributed by atoms with Crippen LogP contribution in [0.1, 0.15) is 34.5 Å². The molecule has 0 aliphatic heterocycles. The summed E-state index contributed by atoms with van der Waals surface area (Å²) in [5, 5.41) is 3.42. The van der Waals surface area contributed by atoms with Crippen LogP contribution in [0.4, 0.5) is 5.69 Å². The molecule has 0 fully saturated rings. The van der Waals surface area contributed by atoms with Crippen LogP contribution in [0.2, 0.25) is 5.02 Å². The van der Waals surface area contributed by atoms with Gasteiger partial charge in [0.25, 0.3) is 15.9 Å². The highest BCUT2D eigenvalue weighted by Crippen LogP contribution is 2.20. The smallest absolute Gasteiger partial charge is 0.261 e. The van der Waals surface area contributed by atoms with Crippen LogP contribution in [-0.4, -0.2) is 14.3 Å². The number of amides is 1. The monoisotopic (exact) mass is 428 g/mol. The molecule has 0 bridgehead atoms. The second kappa shape index (κ2) is 8.68. The second-order valence-corrected chi connectivity index (χ2v) is 8.81. The van der Waals surface area contributed by atoms with Crippen molar-refractivity contribution in [3.63, 3.8) is 0 Å². The number of aryl methyl sites for hydroxylation is 1. The van der Waals surface area contributed by atoms with Gasteiger partial charge in [-0.15, -0.1) is 0 Å². The van der Waals surface area contributed by atoms with Crippen LogP contribution in [0, 0.1) is 6.92 Å². The Morgan fingerprint density at radius 3 is 2.17 bits per heavy atom. The Morgan fingerprint density at radius 2 is 1.55 bits per heavy atom. The van der Waals surface area contributed by atoms with E-state index in [1.54, 1.807) is 24.3 Å². The summed E-state index contributed by atoms with van der Waals surface area (Å²) in [6.07, 6.45) is 0. The van der Waals surface area contributed by atoms with E-state index in [1.807, 2.05) is 38.1 Å². The fourth-order valence-corrected chi connectivity index (χ4v) is 4.13. The first-order chi connectivity index (χ1) is 13.8. The average Bonchev–Trinajstić information content (AvgIpc) is 2.68. The lowest BCUT2D eigenvalue weighted by Gasteiger charge is -2.16. The highest BCUT2D eigenvalue weighted by atomic mass is 35.5. The molecule has 7 heteroatoms. The summed E-state index contributed by atoms with van der Waals surface area (Å²) in [7, 11) is -3.73. The molecular formula is C22H21ClN2O3S. The van der Waals surface area contributed by atoms with Gasteiger partial charge in [0.1, 0.15) is 0 Å². The Hall–Kier alpha value is -2.83. The number of rotatable bonds is 6. The second-order valence-electron chi connectivity index (χ2n) is 6.69. The molecule has 0 aliphatic carbocycles. The van der Waals surface area contributed by atoms with Gasteiger partial charge < -0.3 is 5.32 Å². The van der Waals surface area contributed by atoms with Crippen molar-refractivity contribution in [1.29, 1.82) is 0 Å². The first kappa shape index (κ1) is 20.9. The molecule has 0 radical (unpaired) electrons. The van der Waals surface area contributed by atoms with E-state index in [2.05, 4.69) is 10.0 Å². The molecule has 29 heavy (non-hydrogen) atoms. The lowest BCUT2D eigenvalue weighted by Crippen LogP contribution is -2.27. The summed E-state index contributed by atoms with van der Waals surface area (Å²) >= 11 is 5.80. The zero-order valence-corrected chi connectivity index (χ0v) is 17.6. The van der Waals surface area contributed by atoms with Gasteiger partial charge in [0.05, 0.1) is 10.9 Å². The van der Waals surface area contributed by atoms with E-state index in [-0.39, 0.29) is 16.8 Å². The zero-order chi connectivity index (χ0) is 21.0. The van der Waals surface area contributed by atoms with Crippen LogP contribution in [0.5, 0.6) is 0 Å². The van der Waals surface area contributed by atoms with Gasteiger partial charge >= 0.3 is 0 Å². The molecule has 150 valence electrons. The van der Waals surface area contributed by atoms with Gasteiger partial charge in [0.15, 0.2) is 0 Å². The summed E-state index contributed by atoms with van der Waals surface area (Å²) in [6, 6.07) is 19.9. The number of anilines is 1. The summed E-state index contributed by atoms with van der Waals surface area (Å²) in [6.45, 7) is 3.93. The highest BCUT2D eigenvalue weighted by Gasteiger charge is 2.16. The molecule has 0 saturated carbocycles. The van der Waals surface area contributed by atoms with Gasteiger partial charge in [-0.1, -0.05) is 35.9 Å². The molecule has 3 rings (SSSR count). The minimum atomic E-state index is -3.73. The van der Waals surface area contributed by atoms with Gasteiger partial charge in [0.2, 0.25) is 0 Å². The lowest BCUT2D eigenvalue weighted by molar-refractivity contribution is 0.0940. The van der Waals surface area contributed by atoms with E-state index in [4.69, 9.17) is 11.6 Å². The third kappa shape index (κ3) is 5.16. The predicted octanol–water partition coefficient (Wildman–Crippen LogP) is 4.94. The van der Waals surface area contributed by atoms with Gasteiger partial charge in [-0.2, -0.15) is 0 Å². The SMILES string of the molecule is Cc1ccccc1[C@@H](C)NC(=O)c1ccc(NS(=O)(=O)c2ccc(Cl)cc2)cc1. The third-order valence-electron chi connectivity index (χ3n) is 4.53. The van der Waals surface area contributed by atoms with Crippen molar-refractivity contribution >= 4 is 33.2 Å². The van der Waals surface area contributed by atoms with Crippen LogP contribution in [0.15, 0.2) is 77.7 Å². The molecule has 1 amide bonds. The minimum Gasteiger partial charge on any atom is -0.346 e. The normalized spacial score (nSPS) is 12.2. The molecule has 0 heterocycles. The largest absolute Gasteiger partial charge is 0.346 e. The third-order valence-corrected chi connectivity index (χ3v) is 6.17. The molecule has 5 nitrogen and oxygen atoms in total. The molecular weight excluding hydrogens is 408 g/mol. The van der Waals surface area contributed by atoms with E-state index in [0.29, 0.717) is 16.3 Å². The van der Waals surface area contributed by atoms with Gasteiger partial charge in [-0.05, 0) is 73.5 Å². The predicted molar refractivity (Wildman–Crippen MR) is 116 cm³/mol. The first-order valence-electron chi connectivity index (χ1n) is 9.01. The quantitative estimate of drug-likeness (QED) is 0.583. The van der Waals surface area contributed by atoms with Crippen molar-refractivity contribution in [2.45, 2.75) is 24.8 Å². The summed E-state index contributed by atoms with van der Waals surface area (Å²) in [5.74, 6) is -0.229. The molecule has 0 spiro atoms. The van der Waals surface area contributed by atoms with E-state index in [9.17, 15) is 13.2 Å². The number of hydrogen-bond donors (Lipinski definition) is 2. The van der Waals surface area contributed by atoms with Crippen molar-refractivity contribution < 1.29 is 13.2 Å². The molecule has 0 unspecified atom stereocenters. The van der Waals surface area contributed by atoms with E-state index < -0.39 is 10.0 Å². The number of benzene rings is 3. The van der Waals surface area contributed by atoms with Crippen molar-refractivity contribution in [1.82, 2.24) is 5.32 Å². The summed E-state index contributed by atoms with van der Waals surface area (Å²) < 4.78 is 27.4. The maximum Gasteiger partial charge on any atom is 0.261 e. The Morgan fingerprint density at radius 1 is 0.931 bits per heavy atom. The number of hydrogen-bond acceptors (Lipinski definition) is 3. The topological polar surface area (TPSA) is 75.3 Å². The fourth-order valence-electron chi connectivity index (χ4n) is 2.95. The highest BCUT2D eigenvalue weighted by molar-refractivity contribution is 7.92. The van der Waals surface area contributed by atoms with Crippen molar-refractivity contribution in [2.24, 2.45) is 0 Å². The van der Waals surface area contributed by atoms with Gasteiger partial charge in [-0.25, -0.2) is 8.42 Å². The molecule has 3 aromatic rings. The minimum absolute atomic E-state index is 0.107. The number of carbonyl (C=O) groups excluding carboxylic acids is 1. The number of nitrogens with one attached hydrogen (secondary N) is 2. The van der Waals surface area contributed by atoms with Gasteiger partial charge in [-0.3, -0.25) is 9.52 Å². The Balaban J connectivity index is 1.69. The van der Waals surface area contributed by atoms with E-state index >= 15 is 0 Å². The van der Waals surface area contributed by atoms with Crippen LogP contribution < -0.4 is 10.0 Å². The number of sulfonamides is 1. The lowest BCUT2D eigenvalue weighted by atomic mass is 10.0. The maximum absolute atomic E-state index is 12.5.